The molecule has 6 aromatic rings. The number of hydrogen-bond acceptors (Lipinski definition) is 18. The molecule has 6 aliphatic heterocycles. The summed E-state index contributed by atoms with van der Waals surface area (Å²) in [5, 5.41) is 30.8. The van der Waals surface area contributed by atoms with Crippen LogP contribution >= 0.6 is 0 Å². The highest BCUT2D eigenvalue weighted by molar-refractivity contribution is 6.41. The smallest absolute Gasteiger partial charge is 0.355 e. The molecule has 5 aliphatic carbocycles. The van der Waals surface area contributed by atoms with Gasteiger partial charge in [0.1, 0.15) is 6.54 Å². The van der Waals surface area contributed by atoms with Crippen LogP contribution in [0.5, 0.6) is 0 Å². The molecule has 30 nitrogen and oxygen atoms in total. The highest BCUT2D eigenvalue weighted by Crippen LogP contribution is 2.43. The van der Waals surface area contributed by atoms with Crippen molar-refractivity contribution in [3.63, 3.8) is 0 Å². The SMILES string of the molecule is CC1(NC(=O)C(=O)[C@H]2CNC(=O)[C@@H]2c2ccccc2)CC1.O=C(NC1CCC1)C(=O)[C@H]1CNC(=O)[C@@H]1c1ccccc1.O=C(NCC(F)(F)F)C(=O)[C@H]1CNC(=O)[C@@H]1c1ccccc1.O=C(NCC1CC(F)(F)C1)C(=O)[C@H]1CNC(=O)[C@@H]1c1ccccc1.O=C(NCC1CCC1)C(=O)[C@H]1CNC(=O)[C@@H]1c1ccccc1.O=C(NCCC1CC1)C(=O)[C@H]1CNC(=O)[C@@H]1c1ccccc1. The van der Waals surface area contributed by atoms with Crippen LogP contribution in [0.4, 0.5) is 22.0 Å². The van der Waals surface area contributed by atoms with Gasteiger partial charge in [-0.05, 0) is 109 Å². The van der Waals surface area contributed by atoms with Crippen LogP contribution in [-0.2, 0) is 86.3 Å². The first-order chi connectivity index (χ1) is 63.2. The minimum Gasteiger partial charge on any atom is -0.355 e. The van der Waals surface area contributed by atoms with Crippen molar-refractivity contribution in [1.29, 1.82) is 0 Å². The lowest BCUT2D eigenvalue weighted by Crippen LogP contribution is -2.45. The Kier molecular flexibility index (Phi) is 32.9. The van der Waals surface area contributed by atoms with Gasteiger partial charge in [0.25, 0.3) is 35.4 Å². The second-order valence-corrected chi connectivity index (χ2v) is 35.4. The van der Waals surface area contributed by atoms with E-state index >= 15 is 0 Å². The summed E-state index contributed by atoms with van der Waals surface area (Å²) < 4.78 is 61.8. The number of carbonyl (C=O) groups is 18. The number of benzene rings is 6. The number of Topliss-reactive ketones (excluding diaryl/α,β-unsaturated/α-hetero) is 6. The lowest BCUT2D eigenvalue weighted by molar-refractivity contribution is -0.147. The fourth-order valence-electron chi connectivity index (χ4n) is 17.3. The maximum Gasteiger partial charge on any atom is 0.405 e. The van der Waals surface area contributed by atoms with Crippen LogP contribution < -0.4 is 63.8 Å². The molecule has 0 radical (unpaired) electrons. The van der Waals surface area contributed by atoms with Crippen molar-refractivity contribution >= 4 is 106 Å². The molecular formula is C97H107F5N12O18. The zero-order valence-corrected chi connectivity index (χ0v) is 72.6. The van der Waals surface area contributed by atoms with E-state index in [2.05, 4.69) is 58.5 Å². The second-order valence-electron chi connectivity index (χ2n) is 35.4. The number of rotatable bonds is 28. The molecule has 0 bridgehead atoms. The summed E-state index contributed by atoms with van der Waals surface area (Å²) in [6.45, 7) is 2.45. The molecule has 0 unspecified atom stereocenters. The molecule has 6 saturated heterocycles. The average molecular weight is 1820 g/mol. The molecule has 6 heterocycles. The van der Waals surface area contributed by atoms with E-state index < -0.39 is 166 Å². The van der Waals surface area contributed by atoms with Gasteiger partial charge in [0.05, 0.1) is 71.0 Å². The normalized spacial score (nSPS) is 24.4. The summed E-state index contributed by atoms with van der Waals surface area (Å²) in [6.07, 6.45) is 6.44. The number of amides is 12. The van der Waals surface area contributed by atoms with Crippen molar-refractivity contribution < 1.29 is 108 Å². The summed E-state index contributed by atoms with van der Waals surface area (Å²) >= 11 is 0. The highest BCUT2D eigenvalue weighted by Gasteiger charge is 2.51. The van der Waals surface area contributed by atoms with Gasteiger partial charge >= 0.3 is 6.18 Å². The van der Waals surface area contributed by atoms with Gasteiger partial charge < -0.3 is 63.8 Å². The van der Waals surface area contributed by atoms with E-state index in [0.717, 1.165) is 73.6 Å². The number of halogens is 5. The lowest BCUT2D eigenvalue weighted by atomic mass is 9.81. The third-order valence-corrected chi connectivity index (χ3v) is 25.7. The fraction of sp³-hybridized carbons (Fsp3) is 0.443. The monoisotopic (exact) mass is 1820 g/mol. The van der Waals surface area contributed by atoms with E-state index in [1.165, 1.54) is 24.6 Å². The first-order valence-corrected chi connectivity index (χ1v) is 44.6. The van der Waals surface area contributed by atoms with Crippen LogP contribution in [0.2, 0.25) is 0 Å². The Morgan fingerprint density at radius 3 is 0.848 bits per heavy atom. The second kappa shape index (κ2) is 44.5. The summed E-state index contributed by atoms with van der Waals surface area (Å²) in [5.41, 5.74) is 4.10. The van der Waals surface area contributed by atoms with E-state index in [1.807, 2.05) is 128 Å². The molecule has 12 N–H and O–H groups in total. The predicted molar refractivity (Wildman–Crippen MR) is 466 cm³/mol. The zero-order chi connectivity index (χ0) is 94.6. The Morgan fingerprint density at radius 1 is 0.333 bits per heavy atom. The van der Waals surface area contributed by atoms with Crippen molar-refractivity contribution in [3.8, 4) is 0 Å². The van der Waals surface area contributed by atoms with Crippen LogP contribution in [0.1, 0.15) is 159 Å². The summed E-state index contributed by atoms with van der Waals surface area (Å²) in [4.78, 5) is 218. The third kappa shape index (κ3) is 25.8. The molecule has 11 aliphatic rings. The summed E-state index contributed by atoms with van der Waals surface area (Å²) in [6, 6.07) is 53.9. The quantitative estimate of drug-likeness (QED) is 0.0212. The molecule has 17 rings (SSSR count). The van der Waals surface area contributed by atoms with E-state index in [1.54, 1.807) is 60.7 Å². The first-order valence-electron chi connectivity index (χ1n) is 44.6. The van der Waals surface area contributed by atoms with Crippen LogP contribution in [0.25, 0.3) is 0 Å². The molecule has 12 atom stereocenters. The maximum atomic E-state index is 12.8. The standard InChI is InChI=1S/C17H18F2N2O3.2C17H20N2O3.2C16H18N2O3.C14H13F3N2O3/c18-17(19)6-10(7-17)8-20-16(24)14(22)12-9-21-15(23)13(12)11-4-2-1-3-5-11;20-15(17(22)18-9-11-5-4-6-11)13-10-19-16(21)14(13)12-7-2-1-3-8-12;20-15(17(22)18-9-8-11-6-7-11)13-10-19-16(21)14(13)12-4-2-1-3-5-12;1-16(7-8-16)18-15(21)13(19)11-9-17-14(20)12(11)10-5-3-2-4-6-10;19-14(16(21)18-11-7-4-8-11)12-9-17-15(20)13(12)10-5-2-1-3-6-10;15-14(16,17)7-19-13(22)11(20)9-6-18-12(21)10(9)8-4-2-1-3-5-8/h1-5,10,12-13H,6-9H2,(H,20,24)(H,21,23);1-3,7-8,11,13-14H,4-6,9-10H2,(H,18,22)(H,19,21);1-5,11,13-14H,6-10H2,(H,18,22)(H,19,21);2-6,11-12H,7-9H2,1H3,(H,17,20)(H,18,21);1-3,5-6,11-13H,4,7-9H2,(H,17,20)(H,18,21);1-5,9-10H,6-7H2,(H,18,21)(H,19,22)/t12-,13+;2*13-,14+;11-,12+;12-,13+;9-,10+/m000000/s1. The number of ketones is 6. The largest absolute Gasteiger partial charge is 0.405 e. The van der Waals surface area contributed by atoms with E-state index in [4.69, 9.17) is 0 Å². The lowest BCUT2D eigenvalue weighted by Gasteiger charge is -2.34. The van der Waals surface area contributed by atoms with Crippen molar-refractivity contribution in [2.24, 2.45) is 53.3 Å². The van der Waals surface area contributed by atoms with Crippen LogP contribution in [0.3, 0.4) is 0 Å². The van der Waals surface area contributed by atoms with Gasteiger partial charge in [-0.15, -0.1) is 0 Å². The molecule has 132 heavy (non-hydrogen) atoms. The van der Waals surface area contributed by atoms with Crippen molar-refractivity contribution in [3.05, 3.63) is 215 Å². The maximum absolute atomic E-state index is 12.8. The molecule has 0 aromatic heterocycles. The topological polar surface area (TPSA) is 452 Å². The van der Waals surface area contributed by atoms with Gasteiger partial charge in [-0.3, -0.25) is 86.3 Å². The van der Waals surface area contributed by atoms with Crippen molar-refractivity contribution in [2.75, 3.05) is 65.4 Å². The van der Waals surface area contributed by atoms with Crippen LogP contribution in [0.15, 0.2) is 182 Å². The van der Waals surface area contributed by atoms with Gasteiger partial charge in [0, 0.05) is 83.3 Å². The van der Waals surface area contributed by atoms with Gasteiger partial charge in [0.2, 0.25) is 76.1 Å². The molecule has 698 valence electrons. The molecular weight excluding hydrogens is 1720 g/mol. The Bertz CT molecular complexity index is 5230. The van der Waals surface area contributed by atoms with Crippen molar-refractivity contribution in [2.45, 2.75) is 150 Å². The van der Waals surface area contributed by atoms with E-state index in [9.17, 15) is 108 Å². The first kappa shape index (κ1) is 97.7. The third-order valence-electron chi connectivity index (χ3n) is 25.7. The van der Waals surface area contributed by atoms with E-state index in [0.29, 0.717) is 36.1 Å². The Labute approximate surface area is 757 Å². The van der Waals surface area contributed by atoms with Gasteiger partial charge in [-0.2, -0.15) is 13.2 Å². The fourth-order valence-corrected chi connectivity index (χ4v) is 17.3. The molecule has 0 spiro atoms. The van der Waals surface area contributed by atoms with Crippen LogP contribution in [0, 0.1) is 53.3 Å². The highest BCUT2D eigenvalue weighted by atomic mass is 19.4. The number of alkyl halides is 5. The minimum absolute atomic E-state index is 0.0598. The Morgan fingerprint density at radius 2 is 0.598 bits per heavy atom. The molecule has 35 heteroatoms. The van der Waals surface area contributed by atoms with Crippen molar-refractivity contribution in [1.82, 2.24) is 63.8 Å². The Hall–Kier alpha value is -13.4. The number of hydrogen-bond donors (Lipinski definition) is 12. The minimum atomic E-state index is -4.60. The molecule has 12 amide bonds. The average Bonchev–Trinajstić information content (AvgIpc) is 1.67. The zero-order valence-electron chi connectivity index (χ0n) is 72.6. The van der Waals surface area contributed by atoms with Gasteiger partial charge in [-0.25, -0.2) is 8.78 Å². The van der Waals surface area contributed by atoms with Gasteiger partial charge in [0.15, 0.2) is 0 Å². The number of nitrogens with one attached hydrogen (secondary N) is 12. The Balaban J connectivity index is 0.000000143. The molecule has 6 aromatic carbocycles. The predicted octanol–water partition coefficient (Wildman–Crippen LogP) is 5.52. The summed E-state index contributed by atoms with van der Waals surface area (Å²) in [7, 11) is 0. The van der Waals surface area contributed by atoms with Gasteiger partial charge in [-0.1, -0.05) is 201 Å². The summed E-state index contributed by atoms with van der Waals surface area (Å²) in [5.74, 6) is -19.4. The number of carbonyl (C=O) groups excluding carboxylic acids is 18. The van der Waals surface area contributed by atoms with Crippen LogP contribution in [-0.4, -0.2) is 195 Å². The molecule has 5 saturated carbocycles. The van der Waals surface area contributed by atoms with E-state index in [-0.39, 0.29) is 106 Å². The molecule has 11 fully saturated rings.